The second-order valence-corrected chi connectivity index (χ2v) is 2.43. The molecule has 0 aromatic heterocycles. The van der Waals surface area contributed by atoms with Crippen molar-refractivity contribution in [3.8, 4) is 0 Å². The molecule has 14 heavy (non-hydrogen) atoms. The summed E-state index contributed by atoms with van der Waals surface area (Å²) in [6, 6.07) is 0. The molecule has 0 saturated heterocycles. The number of esters is 2. The monoisotopic (exact) mass is 210 g/mol. The molecule has 0 aliphatic carbocycles. The van der Waals surface area contributed by atoms with E-state index >= 15 is 0 Å². The minimum absolute atomic E-state index is 0.487. The summed E-state index contributed by atoms with van der Waals surface area (Å²) >= 11 is 0. The molecule has 0 bridgehead atoms. The van der Waals surface area contributed by atoms with E-state index in [2.05, 4.69) is 9.47 Å². The summed E-state index contributed by atoms with van der Waals surface area (Å²) in [5.41, 5.74) is 0. The van der Waals surface area contributed by atoms with Gasteiger partial charge in [0.05, 0.1) is 19.1 Å². The van der Waals surface area contributed by atoms with E-state index in [1.54, 1.807) is 0 Å². The number of halogens is 3. The number of carbonyl (C=O) groups excluding carboxylic acids is 2. The van der Waals surface area contributed by atoms with Gasteiger partial charge in [0.15, 0.2) is 0 Å². The predicted octanol–water partition coefficient (Wildman–Crippen LogP) is 0.923. The number of rotatable bonds is 3. The molecule has 1 rings (SSSR count). The first-order valence-electron chi connectivity index (χ1n) is 3.56. The maximum absolute atomic E-state index is 11.6. The zero-order valence-electron chi connectivity index (χ0n) is 6.76. The Morgan fingerprint density at radius 2 is 2.00 bits per heavy atom. The molecule has 0 amide bonds. The Morgan fingerprint density at radius 1 is 1.36 bits per heavy atom. The van der Waals surface area contributed by atoms with Crippen molar-refractivity contribution in [2.24, 2.45) is 0 Å². The molecule has 78 valence electrons. The van der Waals surface area contributed by atoms with Crippen LogP contribution in [0.15, 0.2) is 11.8 Å². The van der Waals surface area contributed by atoms with Crippen LogP contribution in [0.2, 0.25) is 0 Å². The molecule has 1 aliphatic rings. The first-order chi connectivity index (χ1) is 6.38. The molecule has 7 heteroatoms. The SMILES string of the molecule is O=C1C=C(OCCC(F)(F)F)C(=O)O1. The maximum atomic E-state index is 11.6. The average Bonchev–Trinajstić information content (AvgIpc) is 2.27. The third-order valence-corrected chi connectivity index (χ3v) is 1.29. The van der Waals surface area contributed by atoms with Crippen LogP contribution < -0.4 is 0 Å². The highest BCUT2D eigenvalue weighted by molar-refractivity contribution is 6.07. The van der Waals surface area contributed by atoms with Crippen molar-refractivity contribution in [1.29, 1.82) is 0 Å². The van der Waals surface area contributed by atoms with Crippen molar-refractivity contribution in [3.63, 3.8) is 0 Å². The third kappa shape index (κ3) is 3.08. The molecular weight excluding hydrogens is 205 g/mol. The van der Waals surface area contributed by atoms with Gasteiger partial charge in [-0.1, -0.05) is 0 Å². The maximum Gasteiger partial charge on any atom is 0.392 e. The zero-order chi connectivity index (χ0) is 10.8. The summed E-state index contributed by atoms with van der Waals surface area (Å²) < 4.78 is 43.2. The molecule has 1 aliphatic heterocycles. The number of cyclic esters (lactones) is 2. The molecule has 0 aromatic rings. The quantitative estimate of drug-likeness (QED) is 0.513. The lowest BCUT2D eigenvalue weighted by molar-refractivity contribution is -0.155. The second-order valence-electron chi connectivity index (χ2n) is 2.43. The van der Waals surface area contributed by atoms with Gasteiger partial charge < -0.3 is 9.47 Å². The van der Waals surface area contributed by atoms with Crippen molar-refractivity contribution in [2.75, 3.05) is 6.61 Å². The van der Waals surface area contributed by atoms with Crippen LogP contribution in [-0.2, 0) is 19.1 Å². The van der Waals surface area contributed by atoms with Gasteiger partial charge in [-0.2, -0.15) is 13.2 Å². The van der Waals surface area contributed by atoms with Crippen LogP contribution in [0.1, 0.15) is 6.42 Å². The third-order valence-electron chi connectivity index (χ3n) is 1.29. The standard InChI is InChI=1S/C7H5F3O4/c8-7(9,10)1-2-13-4-3-5(11)14-6(4)12/h3H,1-2H2. The normalized spacial score (nSPS) is 16.6. The summed E-state index contributed by atoms with van der Waals surface area (Å²) in [4.78, 5) is 21.0. The molecular formula is C7H5F3O4. The van der Waals surface area contributed by atoms with Gasteiger partial charge in [-0.3, -0.25) is 0 Å². The van der Waals surface area contributed by atoms with Gasteiger partial charge in [-0.15, -0.1) is 0 Å². The smallest absolute Gasteiger partial charge is 0.392 e. The summed E-state index contributed by atoms with van der Waals surface area (Å²) in [6.07, 6.45) is -4.84. The first kappa shape index (κ1) is 10.6. The minimum Gasteiger partial charge on any atom is -0.486 e. The zero-order valence-corrected chi connectivity index (χ0v) is 6.76. The van der Waals surface area contributed by atoms with Crippen molar-refractivity contribution >= 4 is 11.9 Å². The molecule has 0 spiro atoms. The topological polar surface area (TPSA) is 52.6 Å². The van der Waals surface area contributed by atoms with Crippen LogP contribution in [0, 0.1) is 0 Å². The highest BCUT2D eigenvalue weighted by Gasteiger charge is 2.29. The summed E-state index contributed by atoms with van der Waals surface area (Å²) in [6.45, 7) is -0.711. The Morgan fingerprint density at radius 3 is 2.43 bits per heavy atom. The first-order valence-corrected chi connectivity index (χ1v) is 3.56. The van der Waals surface area contributed by atoms with Crippen molar-refractivity contribution < 1.29 is 32.2 Å². The number of ether oxygens (including phenoxy) is 2. The summed E-state index contributed by atoms with van der Waals surface area (Å²) in [5, 5.41) is 0. The van der Waals surface area contributed by atoms with Gasteiger partial charge in [-0.05, 0) is 0 Å². The van der Waals surface area contributed by atoms with Crippen LogP contribution >= 0.6 is 0 Å². The molecule has 0 N–H and O–H groups in total. The van der Waals surface area contributed by atoms with Crippen molar-refractivity contribution in [3.05, 3.63) is 11.8 Å². The van der Waals surface area contributed by atoms with Crippen LogP contribution in [0.4, 0.5) is 13.2 Å². The summed E-state index contributed by atoms with van der Waals surface area (Å²) in [5.74, 6) is -2.48. The van der Waals surface area contributed by atoms with Gasteiger partial charge in [0.2, 0.25) is 5.76 Å². The van der Waals surface area contributed by atoms with Gasteiger partial charge in [-0.25, -0.2) is 9.59 Å². The van der Waals surface area contributed by atoms with E-state index in [0.29, 0.717) is 6.08 Å². The molecule has 0 saturated carbocycles. The van der Waals surface area contributed by atoms with Crippen LogP contribution in [-0.4, -0.2) is 24.7 Å². The molecule has 1 heterocycles. The Balaban J connectivity index is 2.36. The highest BCUT2D eigenvalue weighted by Crippen LogP contribution is 2.20. The van der Waals surface area contributed by atoms with Gasteiger partial charge in [0.25, 0.3) is 0 Å². The lowest BCUT2D eigenvalue weighted by Crippen LogP contribution is -2.13. The largest absolute Gasteiger partial charge is 0.486 e. The fourth-order valence-corrected chi connectivity index (χ4v) is 0.714. The number of hydrogen-bond acceptors (Lipinski definition) is 4. The van der Waals surface area contributed by atoms with Crippen LogP contribution in [0.3, 0.4) is 0 Å². The number of alkyl halides is 3. The van der Waals surface area contributed by atoms with Crippen LogP contribution in [0.5, 0.6) is 0 Å². The minimum atomic E-state index is -4.35. The number of carbonyl (C=O) groups is 2. The second kappa shape index (κ2) is 3.69. The van der Waals surface area contributed by atoms with E-state index in [4.69, 9.17) is 0 Å². The van der Waals surface area contributed by atoms with E-state index in [1.807, 2.05) is 0 Å². The number of hydrogen-bond donors (Lipinski definition) is 0. The molecule has 0 unspecified atom stereocenters. The van der Waals surface area contributed by atoms with E-state index in [9.17, 15) is 22.8 Å². The molecule has 0 atom stereocenters. The Labute approximate surface area is 76.3 Å². The lowest BCUT2D eigenvalue weighted by Gasteiger charge is -2.06. The van der Waals surface area contributed by atoms with E-state index < -0.39 is 36.9 Å². The Kier molecular flexibility index (Phi) is 2.78. The molecule has 0 radical (unpaired) electrons. The average molecular weight is 210 g/mol. The fraction of sp³-hybridized carbons (Fsp3) is 0.429. The summed E-state index contributed by atoms with van der Waals surface area (Å²) in [7, 11) is 0. The van der Waals surface area contributed by atoms with Gasteiger partial charge in [0, 0.05) is 0 Å². The van der Waals surface area contributed by atoms with E-state index in [0.717, 1.165) is 0 Å². The van der Waals surface area contributed by atoms with Gasteiger partial charge in [0.1, 0.15) is 0 Å². The Bertz CT molecular complexity index is 292. The molecule has 0 aromatic carbocycles. The van der Waals surface area contributed by atoms with Crippen molar-refractivity contribution in [1.82, 2.24) is 0 Å². The van der Waals surface area contributed by atoms with Crippen LogP contribution in [0.25, 0.3) is 0 Å². The van der Waals surface area contributed by atoms with E-state index in [1.165, 1.54) is 0 Å². The molecule has 4 nitrogen and oxygen atoms in total. The predicted molar refractivity (Wildman–Crippen MR) is 35.8 cm³/mol. The Hall–Kier alpha value is -1.53. The van der Waals surface area contributed by atoms with Gasteiger partial charge >= 0.3 is 18.1 Å². The lowest BCUT2D eigenvalue weighted by atomic mass is 10.4. The fourth-order valence-electron chi connectivity index (χ4n) is 0.714. The van der Waals surface area contributed by atoms with Crippen molar-refractivity contribution in [2.45, 2.75) is 12.6 Å². The van der Waals surface area contributed by atoms with E-state index in [-0.39, 0.29) is 0 Å². The molecule has 0 fully saturated rings. The highest BCUT2D eigenvalue weighted by atomic mass is 19.4.